The van der Waals surface area contributed by atoms with E-state index in [1.54, 1.807) is 35.6 Å². The number of nitrogens with zero attached hydrogens (tertiary/aromatic N) is 4. The van der Waals surface area contributed by atoms with Gasteiger partial charge in [-0.1, -0.05) is 30.3 Å². The fourth-order valence-corrected chi connectivity index (χ4v) is 4.34. The monoisotopic (exact) mass is 338 g/mol. The van der Waals surface area contributed by atoms with Gasteiger partial charge in [0, 0.05) is 28.4 Å². The van der Waals surface area contributed by atoms with E-state index in [2.05, 4.69) is 45.4 Å². The summed E-state index contributed by atoms with van der Waals surface area (Å²) >= 11 is 3.47. The molecule has 4 nitrogen and oxygen atoms in total. The average molecular weight is 338 g/mol. The van der Waals surface area contributed by atoms with Crippen molar-refractivity contribution >= 4 is 33.3 Å². The highest BCUT2D eigenvalue weighted by molar-refractivity contribution is 7.99. The molecule has 3 heterocycles. The molecule has 0 aliphatic carbocycles. The number of aromatic nitrogens is 4. The van der Waals surface area contributed by atoms with Crippen molar-refractivity contribution in [3.63, 3.8) is 0 Å². The Morgan fingerprint density at radius 1 is 1.09 bits per heavy atom. The topological polar surface area (TPSA) is 43.6 Å². The van der Waals surface area contributed by atoms with E-state index in [-0.39, 0.29) is 0 Å². The summed E-state index contributed by atoms with van der Waals surface area (Å²) in [4.78, 5) is 11.2. The third-order valence-electron chi connectivity index (χ3n) is 3.47. The first kappa shape index (κ1) is 14.4. The second-order valence-corrected chi connectivity index (χ2v) is 7.11. The van der Waals surface area contributed by atoms with Crippen molar-refractivity contribution in [1.29, 1.82) is 0 Å². The van der Waals surface area contributed by atoms with Crippen LogP contribution >= 0.6 is 23.1 Å². The van der Waals surface area contributed by atoms with Crippen LogP contribution in [0, 0.1) is 0 Å². The van der Waals surface area contributed by atoms with Gasteiger partial charge in [0.05, 0.1) is 6.54 Å². The Morgan fingerprint density at radius 3 is 2.83 bits per heavy atom. The maximum atomic E-state index is 4.46. The van der Waals surface area contributed by atoms with Gasteiger partial charge < -0.3 is 0 Å². The van der Waals surface area contributed by atoms with Crippen molar-refractivity contribution in [3.05, 3.63) is 61.2 Å². The predicted molar refractivity (Wildman–Crippen MR) is 95.8 cm³/mol. The van der Waals surface area contributed by atoms with Crippen LogP contribution in [0.5, 0.6) is 0 Å². The second kappa shape index (κ2) is 6.52. The molecule has 0 atom stereocenters. The average Bonchev–Trinajstić information content (AvgIpc) is 3.25. The van der Waals surface area contributed by atoms with Crippen molar-refractivity contribution in [2.75, 3.05) is 5.75 Å². The quantitative estimate of drug-likeness (QED) is 0.401. The molecule has 0 amide bonds. The third kappa shape index (κ3) is 3.13. The van der Waals surface area contributed by atoms with Crippen LogP contribution in [0.15, 0.2) is 66.2 Å². The summed E-state index contributed by atoms with van der Waals surface area (Å²) in [5.41, 5.74) is 1.22. The molecule has 0 spiro atoms. The summed E-state index contributed by atoms with van der Waals surface area (Å²) in [6, 6.07) is 14.6. The summed E-state index contributed by atoms with van der Waals surface area (Å²) in [6.07, 6.45) is 5.44. The lowest BCUT2D eigenvalue weighted by Crippen LogP contribution is -2.00. The summed E-state index contributed by atoms with van der Waals surface area (Å²) < 4.78 is 1.94. The standard InChI is InChI=1S/C17H14N4S2/c1-2-5-13(6-3-1)15-11-14-16(18-12-19-17(14)23-15)22-10-9-21-8-4-7-20-21/h1-8,11-12H,9-10H2. The Balaban J connectivity index is 1.58. The molecule has 0 aliphatic rings. The van der Waals surface area contributed by atoms with Gasteiger partial charge in [0.2, 0.25) is 0 Å². The van der Waals surface area contributed by atoms with E-state index in [9.17, 15) is 0 Å². The maximum Gasteiger partial charge on any atom is 0.128 e. The van der Waals surface area contributed by atoms with Gasteiger partial charge in [-0.15, -0.1) is 23.1 Å². The number of thioether (sulfide) groups is 1. The lowest BCUT2D eigenvalue weighted by Gasteiger charge is -2.02. The van der Waals surface area contributed by atoms with Crippen LogP contribution in [0.2, 0.25) is 0 Å². The minimum absolute atomic E-state index is 0.874. The predicted octanol–water partition coefficient (Wildman–Crippen LogP) is 4.35. The number of benzene rings is 1. The number of rotatable bonds is 5. The fourth-order valence-electron chi connectivity index (χ4n) is 2.36. The zero-order valence-electron chi connectivity index (χ0n) is 12.3. The molecule has 0 saturated heterocycles. The lowest BCUT2D eigenvalue weighted by molar-refractivity contribution is 0.666. The van der Waals surface area contributed by atoms with Gasteiger partial charge in [-0.3, -0.25) is 4.68 Å². The van der Waals surface area contributed by atoms with E-state index in [4.69, 9.17) is 0 Å². The van der Waals surface area contributed by atoms with E-state index in [1.165, 1.54) is 10.4 Å². The molecule has 1 aromatic carbocycles. The smallest absolute Gasteiger partial charge is 0.128 e. The molecular formula is C17H14N4S2. The molecule has 114 valence electrons. The van der Waals surface area contributed by atoms with Crippen LogP contribution in [0.25, 0.3) is 20.7 Å². The summed E-state index contributed by atoms with van der Waals surface area (Å²) in [5.74, 6) is 0.935. The number of fused-ring (bicyclic) bond motifs is 1. The molecule has 0 bridgehead atoms. The normalized spacial score (nSPS) is 11.1. The van der Waals surface area contributed by atoms with Gasteiger partial charge in [-0.25, -0.2) is 9.97 Å². The first-order valence-electron chi connectivity index (χ1n) is 7.30. The molecule has 0 fully saturated rings. The van der Waals surface area contributed by atoms with Gasteiger partial charge in [-0.05, 0) is 17.7 Å². The first-order chi connectivity index (χ1) is 11.4. The van der Waals surface area contributed by atoms with Crippen LogP contribution in [0.1, 0.15) is 0 Å². The molecule has 3 aromatic heterocycles. The van der Waals surface area contributed by atoms with E-state index < -0.39 is 0 Å². The summed E-state index contributed by atoms with van der Waals surface area (Å²) in [5, 5.41) is 6.41. The molecule has 0 saturated carbocycles. The molecule has 0 N–H and O–H groups in total. The van der Waals surface area contributed by atoms with Gasteiger partial charge >= 0.3 is 0 Å². The van der Waals surface area contributed by atoms with Crippen LogP contribution in [0.3, 0.4) is 0 Å². The second-order valence-electron chi connectivity index (χ2n) is 4.99. The number of hydrogen-bond donors (Lipinski definition) is 0. The summed E-state index contributed by atoms with van der Waals surface area (Å²) in [7, 11) is 0. The van der Waals surface area contributed by atoms with Crippen LogP contribution in [0.4, 0.5) is 0 Å². The molecule has 0 unspecified atom stereocenters. The molecule has 0 aliphatic heterocycles. The molecule has 4 aromatic rings. The lowest BCUT2D eigenvalue weighted by atomic mass is 10.2. The van der Waals surface area contributed by atoms with Crippen molar-refractivity contribution in [2.24, 2.45) is 0 Å². The number of hydrogen-bond acceptors (Lipinski definition) is 5. The first-order valence-corrected chi connectivity index (χ1v) is 9.10. The molecule has 4 rings (SSSR count). The zero-order chi connectivity index (χ0) is 15.5. The molecule has 0 radical (unpaired) electrons. The van der Waals surface area contributed by atoms with Crippen LogP contribution in [-0.4, -0.2) is 25.5 Å². The third-order valence-corrected chi connectivity index (χ3v) is 5.55. The van der Waals surface area contributed by atoms with E-state index >= 15 is 0 Å². The maximum absolute atomic E-state index is 4.46. The highest BCUT2D eigenvalue weighted by Gasteiger charge is 2.10. The largest absolute Gasteiger partial charge is 0.272 e. The van der Waals surface area contributed by atoms with E-state index in [0.717, 1.165) is 27.5 Å². The zero-order valence-corrected chi connectivity index (χ0v) is 13.9. The van der Waals surface area contributed by atoms with Crippen molar-refractivity contribution in [3.8, 4) is 10.4 Å². The van der Waals surface area contributed by atoms with Crippen molar-refractivity contribution in [2.45, 2.75) is 11.6 Å². The van der Waals surface area contributed by atoms with Gasteiger partial charge in [-0.2, -0.15) is 5.10 Å². The molecule has 23 heavy (non-hydrogen) atoms. The van der Waals surface area contributed by atoms with Crippen LogP contribution < -0.4 is 0 Å². The number of thiophene rings is 1. The van der Waals surface area contributed by atoms with E-state index in [0.29, 0.717) is 0 Å². The van der Waals surface area contributed by atoms with Crippen molar-refractivity contribution < 1.29 is 0 Å². The fraction of sp³-hybridized carbons (Fsp3) is 0.118. The van der Waals surface area contributed by atoms with Gasteiger partial charge in [0.15, 0.2) is 0 Å². The number of aryl methyl sites for hydroxylation is 1. The Bertz CT molecular complexity index is 901. The van der Waals surface area contributed by atoms with Crippen molar-refractivity contribution in [1.82, 2.24) is 19.7 Å². The Morgan fingerprint density at radius 2 is 2.00 bits per heavy atom. The molecular weight excluding hydrogens is 324 g/mol. The Hall–Kier alpha value is -2.18. The van der Waals surface area contributed by atoms with E-state index in [1.807, 2.05) is 23.0 Å². The highest BCUT2D eigenvalue weighted by atomic mass is 32.2. The van der Waals surface area contributed by atoms with Gasteiger partial charge in [0.1, 0.15) is 16.2 Å². The Kier molecular flexibility index (Phi) is 4.08. The van der Waals surface area contributed by atoms with Gasteiger partial charge in [0.25, 0.3) is 0 Å². The minimum atomic E-state index is 0.874. The minimum Gasteiger partial charge on any atom is -0.272 e. The summed E-state index contributed by atoms with van der Waals surface area (Å²) in [6.45, 7) is 0.874. The van der Waals surface area contributed by atoms with Crippen LogP contribution in [-0.2, 0) is 6.54 Å². The highest BCUT2D eigenvalue weighted by Crippen LogP contribution is 2.35. The Labute approximate surface area is 142 Å². The molecule has 6 heteroatoms. The SMILES string of the molecule is c1ccc(-c2cc3c(SCCn4cccn4)ncnc3s2)cc1.